The summed E-state index contributed by atoms with van der Waals surface area (Å²) < 4.78 is 0. The lowest BCUT2D eigenvalue weighted by Crippen LogP contribution is -2.30. The summed E-state index contributed by atoms with van der Waals surface area (Å²) in [7, 11) is 2.05. The molecule has 0 bridgehead atoms. The van der Waals surface area contributed by atoms with Crippen molar-refractivity contribution >= 4 is 40.9 Å². The molecule has 1 aromatic heterocycles. The largest absolute Gasteiger partial charge is 0.357 e. The number of rotatable bonds is 6. The molecule has 0 saturated carbocycles. The number of anilines is 1. The first kappa shape index (κ1) is 14.9. The van der Waals surface area contributed by atoms with Gasteiger partial charge in [-0.25, -0.2) is 9.97 Å². The highest BCUT2D eigenvalue weighted by molar-refractivity contribution is 7.98. The first-order chi connectivity index (χ1) is 8.08. The molecule has 0 N–H and O–H groups in total. The Morgan fingerprint density at radius 2 is 2.12 bits per heavy atom. The Morgan fingerprint density at radius 3 is 2.71 bits per heavy atom. The molecule has 96 valence electrons. The average Bonchev–Trinajstić information content (AvgIpc) is 2.34. The number of thioether (sulfide) groups is 2. The van der Waals surface area contributed by atoms with E-state index in [-0.39, 0.29) is 0 Å². The lowest BCUT2D eigenvalue weighted by atomic mass is 10.2. The Kier molecular flexibility index (Phi) is 6.44. The Bertz CT molecular complexity index is 363. The molecule has 0 aliphatic rings. The van der Waals surface area contributed by atoms with Crippen molar-refractivity contribution < 1.29 is 0 Å². The second kappa shape index (κ2) is 7.34. The van der Waals surface area contributed by atoms with Crippen LogP contribution in [0.4, 0.5) is 5.82 Å². The van der Waals surface area contributed by atoms with Crippen LogP contribution in [-0.2, 0) is 0 Å². The zero-order chi connectivity index (χ0) is 12.8. The van der Waals surface area contributed by atoms with Crippen LogP contribution >= 0.6 is 35.1 Å². The molecule has 0 aliphatic carbocycles. The van der Waals surface area contributed by atoms with Crippen molar-refractivity contribution in [2.75, 3.05) is 30.2 Å². The van der Waals surface area contributed by atoms with Crippen LogP contribution < -0.4 is 4.90 Å². The van der Waals surface area contributed by atoms with E-state index in [0.717, 1.165) is 23.1 Å². The summed E-state index contributed by atoms with van der Waals surface area (Å²) in [6.07, 6.45) is 5.21. The van der Waals surface area contributed by atoms with Crippen molar-refractivity contribution in [1.82, 2.24) is 9.97 Å². The van der Waals surface area contributed by atoms with Crippen LogP contribution in [0.15, 0.2) is 11.2 Å². The predicted octanol–water partition coefficient (Wildman–Crippen LogP) is 3.43. The molecule has 0 amide bonds. The Labute approximate surface area is 117 Å². The van der Waals surface area contributed by atoms with Gasteiger partial charge in [-0.05, 0) is 31.6 Å². The molecule has 1 unspecified atom stereocenters. The summed E-state index contributed by atoms with van der Waals surface area (Å²) >= 11 is 9.36. The minimum atomic E-state index is 0.447. The highest BCUT2D eigenvalue weighted by atomic mass is 35.5. The van der Waals surface area contributed by atoms with E-state index in [9.17, 15) is 0 Å². The molecule has 1 rings (SSSR count). The fraction of sp³-hybridized carbons (Fsp3) is 0.636. The molecule has 0 fully saturated rings. The molecule has 0 aliphatic heterocycles. The van der Waals surface area contributed by atoms with Gasteiger partial charge in [-0.15, -0.1) is 0 Å². The minimum Gasteiger partial charge on any atom is -0.357 e. The maximum atomic E-state index is 5.99. The van der Waals surface area contributed by atoms with Gasteiger partial charge in [0.1, 0.15) is 11.0 Å². The van der Waals surface area contributed by atoms with Gasteiger partial charge in [-0.1, -0.05) is 23.4 Å². The van der Waals surface area contributed by atoms with Gasteiger partial charge in [0.2, 0.25) is 0 Å². The van der Waals surface area contributed by atoms with Crippen LogP contribution in [0, 0.1) is 0 Å². The first-order valence-electron chi connectivity index (χ1n) is 5.38. The topological polar surface area (TPSA) is 29.0 Å². The van der Waals surface area contributed by atoms with E-state index in [2.05, 4.69) is 28.0 Å². The van der Waals surface area contributed by atoms with Crippen LogP contribution in [-0.4, -0.2) is 41.3 Å². The summed E-state index contributed by atoms with van der Waals surface area (Å²) in [6, 6.07) is 2.26. The van der Waals surface area contributed by atoms with E-state index >= 15 is 0 Å². The fourth-order valence-electron chi connectivity index (χ4n) is 1.37. The predicted molar refractivity (Wildman–Crippen MR) is 79.7 cm³/mol. The van der Waals surface area contributed by atoms with Crippen LogP contribution in [0.5, 0.6) is 0 Å². The fourth-order valence-corrected chi connectivity index (χ4v) is 2.54. The number of hydrogen-bond donors (Lipinski definition) is 0. The number of hydrogen-bond acceptors (Lipinski definition) is 5. The molecule has 0 spiro atoms. The summed E-state index contributed by atoms with van der Waals surface area (Å²) in [4.78, 5) is 10.8. The van der Waals surface area contributed by atoms with Crippen molar-refractivity contribution in [2.45, 2.75) is 24.5 Å². The van der Waals surface area contributed by atoms with Crippen molar-refractivity contribution in [3.63, 3.8) is 0 Å². The molecule has 17 heavy (non-hydrogen) atoms. The Morgan fingerprint density at radius 1 is 1.41 bits per heavy atom. The van der Waals surface area contributed by atoms with Crippen molar-refractivity contribution in [3.05, 3.63) is 11.2 Å². The average molecular weight is 292 g/mol. The first-order valence-corrected chi connectivity index (χ1v) is 8.38. The van der Waals surface area contributed by atoms with E-state index < -0.39 is 0 Å². The molecule has 3 nitrogen and oxygen atoms in total. The maximum Gasteiger partial charge on any atom is 0.190 e. The summed E-state index contributed by atoms with van der Waals surface area (Å²) in [5.41, 5.74) is 0. The number of aromatic nitrogens is 2. The van der Waals surface area contributed by atoms with Crippen molar-refractivity contribution in [1.29, 1.82) is 0 Å². The molecule has 0 aromatic carbocycles. The maximum absolute atomic E-state index is 5.99. The smallest absolute Gasteiger partial charge is 0.190 e. The second-order valence-electron chi connectivity index (χ2n) is 3.78. The van der Waals surface area contributed by atoms with E-state index in [1.54, 1.807) is 0 Å². The normalized spacial score (nSPS) is 12.5. The summed E-state index contributed by atoms with van der Waals surface area (Å²) in [6.45, 7) is 2.20. The van der Waals surface area contributed by atoms with Gasteiger partial charge in [0, 0.05) is 19.2 Å². The lowest BCUT2D eigenvalue weighted by molar-refractivity contribution is 0.657. The van der Waals surface area contributed by atoms with Crippen molar-refractivity contribution in [2.24, 2.45) is 0 Å². The minimum absolute atomic E-state index is 0.447. The van der Waals surface area contributed by atoms with E-state index in [1.807, 2.05) is 31.1 Å². The van der Waals surface area contributed by atoms with Gasteiger partial charge in [-0.3, -0.25) is 0 Å². The SMILES string of the molecule is CSCCC(C)N(C)c1cc(Cl)nc(SC)n1. The third-order valence-electron chi connectivity index (χ3n) is 2.61. The molecule has 0 radical (unpaired) electrons. The summed E-state index contributed by atoms with van der Waals surface area (Å²) in [5.74, 6) is 2.04. The van der Waals surface area contributed by atoms with Gasteiger partial charge in [0.25, 0.3) is 0 Å². The number of halogens is 1. The van der Waals surface area contributed by atoms with Crippen molar-refractivity contribution in [3.8, 4) is 0 Å². The Balaban J connectivity index is 2.80. The standard InChI is InChI=1S/C11H18ClN3S2/c1-8(5-6-16-3)15(2)10-7-9(12)13-11(14-10)17-4/h7-8H,5-6H2,1-4H3. The monoisotopic (exact) mass is 291 g/mol. The van der Waals surface area contributed by atoms with E-state index in [0.29, 0.717) is 11.2 Å². The van der Waals surface area contributed by atoms with Gasteiger partial charge in [0.05, 0.1) is 0 Å². The Hall–Kier alpha value is -0.130. The molecular weight excluding hydrogens is 274 g/mol. The van der Waals surface area contributed by atoms with Gasteiger partial charge in [0.15, 0.2) is 5.16 Å². The highest BCUT2D eigenvalue weighted by Crippen LogP contribution is 2.21. The molecule has 0 saturated heterocycles. The third-order valence-corrected chi connectivity index (χ3v) is 3.99. The van der Waals surface area contributed by atoms with Crippen LogP contribution in [0.1, 0.15) is 13.3 Å². The molecule has 1 heterocycles. The van der Waals surface area contributed by atoms with Gasteiger partial charge in [-0.2, -0.15) is 11.8 Å². The van der Waals surface area contributed by atoms with Crippen LogP contribution in [0.25, 0.3) is 0 Å². The summed E-state index contributed by atoms with van der Waals surface area (Å²) in [5, 5.41) is 1.22. The molecule has 1 atom stereocenters. The zero-order valence-corrected chi connectivity index (χ0v) is 13.0. The number of nitrogens with zero attached hydrogens (tertiary/aromatic N) is 3. The van der Waals surface area contributed by atoms with Crippen LogP contribution in [0.2, 0.25) is 5.15 Å². The quantitative estimate of drug-likeness (QED) is 0.455. The van der Waals surface area contributed by atoms with Gasteiger partial charge >= 0.3 is 0 Å². The molecule has 1 aromatic rings. The molecule has 6 heteroatoms. The zero-order valence-electron chi connectivity index (χ0n) is 10.6. The highest BCUT2D eigenvalue weighted by Gasteiger charge is 2.13. The van der Waals surface area contributed by atoms with Gasteiger partial charge < -0.3 is 4.90 Å². The second-order valence-corrected chi connectivity index (χ2v) is 5.92. The third kappa shape index (κ3) is 4.56. The van der Waals surface area contributed by atoms with Crippen LogP contribution in [0.3, 0.4) is 0 Å². The lowest BCUT2D eigenvalue weighted by Gasteiger charge is -2.26. The molecular formula is C11H18ClN3S2. The van der Waals surface area contributed by atoms with E-state index in [4.69, 9.17) is 11.6 Å². The van der Waals surface area contributed by atoms with E-state index in [1.165, 1.54) is 11.8 Å².